The van der Waals surface area contributed by atoms with Crippen LogP contribution in [0.25, 0.3) is 11.1 Å². The first-order valence-electron chi connectivity index (χ1n) is 7.48. The second-order valence-electron chi connectivity index (χ2n) is 5.10. The van der Waals surface area contributed by atoms with Crippen LogP contribution in [0.4, 0.5) is 9.18 Å². The summed E-state index contributed by atoms with van der Waals surface area (Å²) < 4.78 is 45.0. The molecule has 0 unspecified atom stereocenters. The lowest BCUT2D eigenvalue weighted by Gasteiger charge is -2.12. The third kappa shape index (κ3) is 4.55. The Morgan fingerprint density at radius 3 is 2.62 bits per heavy atom. The molecule has 0 aliphatic rings. The summed E-state index contributed by atoms with van der Waals surface area (Å²) in [6.45, 7) is 2.07. The fraction of sp³-hybridized carbons (Fsp3) is 0.235. The molecule has 2 aromatic rings. The van der Waals surface area contributed by atoms with Crippen LogP contribution in [0, 0.1) is 5.82 Å². The second kappa shape index (κ2) is 7.92. The van der Waals surface area contributed by atoms with Crippen LogP contribution in [0.15, 0.2) is 53.4 Å². The summed E-state index contributed by atoms with van der Waals surface area (Å²) >= 11 is 0. The van der Waals surface area contributed by atoms with E-state index in [2.05, 4.69) is 0 Å². The molecule has 2 rings (SSSR count). The van der Waals surface area contributed by atoms with E-state index in [0.717, 1.165) is 6.42 Å². The second-order valence-corrected chi connectivity index (χ2v) is 6.75. The molecular formula is C17H18FNO4S. The van der Waals surface area contributed by atoms with Crippen LogP contribution in [-0.2, 0) is 14.8 Å². The number of unbranched alkanes of at least 4 members (excludes halogenated alkanes) is 1. The number of rotatable bonds is 6. The van der Waals surface area contributed by atoms with Crippen molar-refractivity contribution in [3.8, 4) is 11.1 Å². The molecule has 0 atom stereocenters. The summed E-state index contributed by atoms with van der Waals surface area (Å²) in [5.41, 5.74) is 0.696. The Morgan fingerprint density at radius 2 is 1.92 bits per heavy atom. The number of carbonyl (C=O) groups is 1. The van der Waals surface area contributed by atoms with Gasteiger partial charge in [0.15, 0.2) is 0 Å². The van der Waals surface area contributed by atoms with Crippen LogP contribution in [-0.4, -0.2) is 21.1 Å². The molecule has 0 saturated heterocycles. The number of sulfonamides is 1. The normalized spacial score (nSPS) is 11.1. The molecule has 1 N–H and O–H groups in total. The summed E-state index contributed by atoms with van der Waals surface area (Å²) in [7, 11) is -4.14. The first-order chi connectivity index (χ1) is 11.4. The molecule has 0 fully saturated rings. The summed E-state index contributed by atoms with van der Waals surface area (Å²) in [6.07, 6.45) is 0.438. The summed E-state index contributed by atoms with van der Waals surface area (Å²) in [5, 5.41) is 0. The maximum absolute atomic E-state index is 13.4. The molecule has 128 valence electrons. The van der Waals surface area contributed by atoms with Gasteiger partial charge in [-0.05, 0) is 30.2 Å². The number of amides is 1. The predicted octanol–water partition coefficient (Wildman–Crippen LogP) is 3.71. The molecule has 1 amide bonds. The van der Waals surface area contributed by atoms with Crippen molar-refractivity contribution in [2.75, 3.05) is 6.61 Å². The quantitative estimate of drug-likeness (QED) is 0.805. The number of hydrogen-bond donors (Lipinski definition) is 1. The summed E-state index contributed by atoms with van der Waals surface area (Å²) in [4.78, 5) is 11.5. The van der Waals surface area contributed by atoms with E-state index in [9.17, 15) is 17.6 Å². The zero-order valence-electron chi connectivity index (χ0n) is 13.2. The molecule has 2 aromatic carbocycles. The first-order valence-corrected chi connectivity index (χ1v) is 8.97. The van der Waals surface area contributed by atoms with Crippen LogP contribution in [0.3, 0.4) is 0 Å². The van der Waals surface area contributed by atoms with Crippen LogP contribution < -0.4 is 4.72 Å². The van der Waals surface area contributed by atoms with Gasteiger partial charge in [-0.2, -0.15) is 0 Å². The van der Waals surface area contributed by atoms with Crippen molar-refractivity contribution >= 4 is 16.1 Å². The number of nitrogens with one attached hydrogen (secondary N) is 1. The standard InChI is InChI=1S/C17H18FNO4S/c1-2-3-11-23-17(20)19-24(21,22)16-10-5-4-9-15(16)13-7-6-8-14(18)12-13/h4-10,12H,2-3,11H2,1H3,(H,19,20). The maximum atomic E-state index is 13.4. The first kappa shape index (κ1) is 17.9. The number of ether oxygens (including phenoxy) is 1. The highest BCUT2D eigenvalue weighted by Crippen LogP contribution is 2.27. The van der Waals surface area contributed by atoms with Crippen LogP contribution in [0.1, 0.15) is 19.8 Å². The minimum Gasteiger partial charge on any atom is -0.449 e. The molecular weight excluding hydrogens is 333 g/mol. The van der Waals surface area contributed by atoms with Gasteiger partial charge in [-0.15, -0.1) is 0 Å². The van der Waals surface area contributed by atoms with Gasteiger partial charge in [-0.25, -0.2) is 22.3 Å². The van der Waals surface area contributed by atoms with E-state index in [0.29, 0.717) is 17.5 Å². The Morgan fingerprint density at radius 1 is 1.17 bits per heavy atom. The highest BCUT2D eigenvalue weighted by molar-refractivity contribution is 7.90. The molecule has 0 saturated carbocycles. The van der Waals surface area contributed by atoms with E-state index in [4.69, 9.17) is 4.74 Å². The minimum atomic E-state index is -4.14. The van der Waals surface area contributed by atoms with Crippen LogP contribution in [0.5, 0.6) is 0 Å². The van der Waals surface area contributed by atoms with Gasteiger partial charge in [-0.3, -0.25) is 0 Å². The molecule has 5 nitrogen and oxygen atoms in total. The van der Waals surface area contributed by atoms with Gasteiger partial charge in [0.05, 0.1) is 11.5 Å². The van der Waals surface area contributed by atoms with Gasteiger partial charge in [-0.1, -0.05) is 43.7 Å². The van der Waals surface area contributed by atoms with E-state index < -0.39 is 21.9 Å². The van der Waals surface area contributed by atoms with Crippen molar-refractivity contribution in [2.45, 2.75) is 24.7 Å². The molecule has 0 aliphatic heterocycles. The molecule has 0 spiro atoms. The lowest BCUT2D eigenvalue weighted by atomic mass is 10.1. The van der Waals surface area contributed by atoms with Crippen molar-refractivity contribution in [1.29, 1.82) is 0 Å². The van der Waals surface area contributed by atoms with Gasteiger partial charge in [0.25, 0.3) is 10.0 Å². The van der Waals surface area contributed by atoms with Gasteiger partial charge in [0.1, 0.15) is 5.82 Å². The smallest absolute Gasteiger partial charge is 0.421 e. The Labute approximate surface area is 140 Å². The van der Waals surface area contributed by atoms with Crippen molar-refractivity contribution in [3.63, 3.8) is 0 Å². The van der Waals surface area contributed by atoms with E-state index in [1.807, 2.05) is 11.6 Å². The van der Waals surface area contributed by atoms with Gasteiger partial charge < -0.3 is 4.74 Å². The average molecular weight is 351 g/mol. The minimum absolute atomic E-state index is 0.122. The van der Waals surface area contributed by atoms with Gasteiger partial charge >= 0.3 is 6.09 Å². The van der Waals surface area contributed by atoms with Crippen molar-refractivity contribution in [2.24, 2.45) is 0 Å². The Bertz CT molecular complexity index is 821. The van der Waals surface area contributed by atoms with Crippen molar-refractivity contribution in [3.05, 3.63) is 54.3 Å². The number of halogens is 1. The lowest BCUT2D eigenvalue weighted by Crippen LogP contribution is -2.31. The number of benzene rings is 2. The summed E-state index contributed by atoms with van der Waals surface area (Å²) in [6, 6.07) is 11.6. The van der Waals surface area contributed by atoms with Crippen molar-refractivity contribution < 1.29 is 22.3 Å². The highest BCUT2D eigenvalue weighted by atomic mass is 32.2. The fourth-order valence-corrected chi connectivity index (χ4v) is 3.22. The molecule has 7 heteroatoms. The lowest BCUT2D eigenvalue weighted by molar-refractivity contribution is 0.151. The molecule has 24 heavy (non-hydrogen) atoms. The monoisotopic (exact) mass is 351 g/mol. The Hall–Kier alpha value is -2.41. The van der Waals surface area contributed by atoms with Crippen LogP contribution in [0.2, 0.25) is 0 Å². The number of hydrogen-bond acceptors (Lipinski definition) is 4. The third-order valence-electron chi connectivity index (χ3n) is 3.26. The largest absolute Gasteiger partial charge is 0.449 e. The fourth-order valence-electron chi connectivity index (χ4n) is 2.10. The predicted molar refractivity (Wildman–Crippen MR) is 88.4 cm³/mol. The van der Waals surface area contributed by atoms with Crippen LogP contribution >= 0.6 is 0 Å². The van der Waals surface area contributed by atoms with Gasteiger partial charge in [0, 0.05) is 5.56 Å². The topological polar surface area (TPSA) is 72.5 Å². The Balaban J connectivity index is 2.29. The van der Waals surface area contributed by atoms with E-state index in [1.165, 1.54) is 30.3 Å². The number of carbonyl (C=O) groups excluding carboxylic acids is 1. The zero-order valence-corrected chi connectivity index (χ0v) is 14.0. The average Bonchev–Trinajstić information content (AvgIpc) is 2.54. The molecule has 0 aliphatic carbocycles. The molecule has 0 bridgehead atoms. The molecule has 0 aromatic heterocycles. The third-order valence-corrected chi connectivity index (χ3v) is 4.63. The van der Waals surface area contributed by atoms with E-state index in [-0.39, 0.29) is 11.5 Å². The van der Waals surface area contributed by atoms with E-state index >= 15 is 0 Å². The maximum Gasteiger partial charge on any atom is 0.421 e. The van der Waals surface area contributed by atoms with E-state index in [1.54, 1.807) is 18.2 Å². The zero-order chi connectivity index (χ0) is 17.6. The van der Waals surface area contributed by atoms with Gasteiger partial charge in [0.2, 0.25) is 0 Å². The Kier molecular flexibility index (Phi) is 5.92. The summed E-state index contributed by atoms with van der Waals surface area (Å²) in [5.74, 6) is -0.480. The molecule has 0 radical (unpaired) electrons. The highest BCUT2D eigenvalue weighted by Gasteiger charge is 2.22. The molecule has 0 heterocycles. The SMILES string of the molecule is CCCCOC(=O)NS(=O)(=O)c1ccccc1-c1cccc(F)c1. The van der Waals surface area contributed by atoms with Crippen molar-refractivity contribution in [1.82, 2.24) is 4.72 Å².